The highest BCUT2D eigenvalue weighted by Gasteiger charge is 2.35. The average molecular weight is 330 g/mol. The number of rotatable bonds is 2. The van der Waals surface area contributed by atoms with Crippen LogP contribution in [-0.2, 0) is 9.53 Å². The van der Waals surface area contributed by atoms with Crippen molar-refractivity contribution in [1.29, 1.82) is 5.26 Å². The first kappa shape index (κ1) is 15.7. The van der Waals surface area contributed by atoms with Gasteiger partial charge in [-0.2, -0.15) is 10.2 Å². The fourth-order valence-corrected chi connectivity index (χ4v) is 3.64. The fourth-order valence-electron chi connectivity index (χ4n) is 2.60. The molecule has 120 valence electrons. The number of esters is 1. The maximum atomic E-state index is 12.4. The van der Waals surface area contributed by atoms with Crippen molar-refractivity contribution in [2.75, 3.05) is 11.4 Å². The van der Waals surface area contributed by atoms with Crippen LogP contribution in [0.1, 0.15) is 39.2 Å². The third-order valence-corrected chi connectivity index (χ3v) is 4.57. The lowest BCUT2D eigenvalue weighted by Gasteiger charge is -2.27. The van der Waals surface area contributed by atoms with Gasteiger partial charge in [0.25, 0.3) is 0 Å². The third-order valence-electron chi connectivity index (χ3n) is 3.54. The molecular weight excluding hydrogens is 312 g/mol. The summed E-state index contributed by atoms with van der Waals surface area (Å²) in [5.41, 5.74) is 0.624. The Morgan fingerprint density at radius 2 is 2.30 bits per heavy atom. The number of nitrogens with zero attached hydrogens (tertiary/aromatic N) is 4. The molecule has 2 aromatic rings. The molecule has 0 unspecified atom stereocenters. The molecule has 0 aromatic carbocycles. The normalized spacial score (nSPS) is 18.2. The zero-order valence-electron chi connectivity index (χ0n) is 13.4. The maximum absolute atomic E-state index is 12.4. The Bertz CT molecular complexity index is 787. The monoisotopic (exact) mass is 330 g/mol. The minimum absolute atomic E-state index is 0.208. The molecule has 0 radical (unpaired) electrons. The third kappa shape index (κ3) is 3.27. The summed E-state index contributed by atoms with van der Waals surface area (Å²) in [5.74, 6) is -0.208. The summed E-state index contributed by atoms with van der Waals surface area (Å²) >= 11 is 1.46. The van der Waals surface area contributed by atoms with Gasteiger partial charge in [0.15, 0.2) is 10.8 Å². The van der Waals surface area contributed by atoms with Crippen LogP contribution in [0.4, 0.5) is 5.13 Å². The second kappa shape index (κ2) is 5.78. The van der Waals surface area contributed by atoms with Crippen LogP contribution >= 0.6 is 11.3 Å². The Hall–Kier alpha value is -2.20. The molecular formula is C16H18N4O2S. The summed E-state index contributed by atoms with van der Waals surface area (Å²) in [5, 5.41) is 9.72. The van der Waals surface area contributed by atoms with Crippen LogP contribution in [-0.4, -0.2) is 34.1 Å². The minimum Gasteiger partial charge on any atom is -0.458 e. The molecule has 0 aliphatic carbocycles. The standard InChI is InChI=1S/C16H18N4O2S/c1-16(2,3)22-14(21)11-5-4-6-20(11)15-19-13-12(23-15)7-10(8-17)9-18-13/h7,9,11H,4-6H2,1-3H3/t11-/m1/s1. The molecule has 0 bridgehead atoms. The van der Waals surface area contributed by atoms with Crippen LogP contribution in [0, 0.1) is 11.3 Å². The van der Waals surface area contributed by atoms with E-state index >= 15 is 0 Å². The van der Waals surface area contributed by atoms with Crippen molar-refractivity contribution in [3.8, 4) is 6.07 Å². The fraction of sp³-hybridized carbons (Fsp3) is 0.500. The quantitative estimate of drug-likeness (QED) is 0.788. The predicted octanol–water partition coefficient (Wildman–Crippen LogP) is 2.87. The zero-order chi connectivity index (χ0) is 16.6. The van der Waals surface area contributed by atoms with Crippen LogP contribution < -0.4 is 4.90 Å². The first-order valence-electron chi connectivity index (χ1n) is 7.53. The highest BCUT2D eigenvalue weighted by molar-refractivity contribution is 7.22. The molecule has 0 saturated carbocycles. The van der Waals surface area contributed by atoms with Crippen molar-refractivity contribution >= 4 is 32.8 Å². The summed E-state index contributed by atoms with van der Waals surface area (Å²) < 4.78 is 6.38. The molecule has 6 nitrogen and oxygen atoms in total. The van der Waals surface area contributed by atoms with Gasteiger partial charge < -0.3 is 9.64 Å². The van der Waals surface area contributed by atoms with Crippen molar-refractivity contribution in [3.63, 3.8) is 0 Å². The summed E-state index contributed by atoms with van der Waals surface area (Å²) in [6.07, 6.45) is 3.21. The summed E-state index contributed by atoms with van der Waals surface area (Å²) in [7, 11) is 0. The van der Waals surface area contributed by atoms with E-state index in [9.17, 15) is 4.79 Å². The first-order valence-corrected chi connectivity index (χ1v) is 8.35. The topological polar surface area (TPSA) is 79.1 Å². The predicted molar refractivity (Wildman–Crippen MR) is 88.3 cm³/mol. The van der Waals surface area contributed by atoms with Crippen molar-refractivity contribution < 1.29 is 9.53 Å². The van der Waals surface area contributed by atoms with E-state index in [1.165, 1.54) is 17.5 Å². The van der Waals surface area contributed by atoms with Gasteiger partial charge in [-0.25, -0.2) is 9.78 Å². The lowest BCUT2D eigenvalue weighted by Crippen LogP contribution is -2.40. The zero-order valence-corrected chi connectivity index (χ0v) is 14.2. The Balaban J connectivity index is 1.88. The number of nitriles is 1. The van der Waals surface area contributed by atoms with Gasteiger partial charge in [0.2, 0.25) is 0 Å². The lowest BCUT2D eigenvalue weighted by atomic mass is 10.1. The van der Waals surface area contributed by atoms with Gasteiger partial charge in [0.05, 0.1) is 10.3 Å². The van der Waals surface area contributed by atoms with E-state index in [1.807, 2.05) is 25.7 Å². The molecule has 1 aliphatic rings. The molecule has 1 fully saturated rings. The summed E-state index contributed by atoms with van der Waals surface area (Å²) in [6.45, 7) is 6.38. The van der Waals surface area contributed by atoms with Gasteiger partial charge in [-0.1, -0.05) is 11.3 Å². The van der Waals surface area contributed by atoms with Crippen LogP contribution in [0.15, 0.2) is 12.3 Å². The number of fused-ring (bicyclic) bond motifs is 1. The van der Waals surface area contributed by atoms with E-state index in [0.29, 0.717) is 11.2 Å². The summed E-state index contributed by atoms with van der Waals surface area (Å²) in [4.78, 5) is 23.1. The van der Waals surface area contributed by atoms with Gasteiger partial charge in [-0.15, -0.1) is 0 Å². The molecule has 1 saturated heterocycles. The molecule has 1 aliphatic heterocycles. The SMILES string of the molecule is CC(C)(C)OC(=O)[C@H]1CCCN1c1nc2ncc(C#N)cc2s1. The first-order chi connectivity index (χ1) is 10.9. The van der Waals surface area contributed by atoms with E-state index in [-0.39, 0.29) is 12.0 Å². The van der Waals surface area contributed by atoms with E-state index in [4.69, 9.17) is 10.00 Å². The Morgan fingerprint density at radius 3 is 3.00 bits per heavy atom. The molecule has 2 aromatic heterocycles. The number of anilines is 1. The molecule has 7 heteroatoms. The van der Waals surface area contributed by atoms with Gasteiger partial charge >= 0.3 is 5.97 Å². The number of carbonyl (C=O) groups excluding carboxylic acids is 1. The van der Waals surface area contributed by atoms with Gasteiger partial charge in [-0.05, 0) is 39.7 Å². The van der Waals surface area contributed by atoms with Gasteiger partial charge in [-0.3, -0.25) is 0 Å². The molecule has 0 amide bonds. The smallest absolute Gasteiger partial charge is 0.329 e. The average Bonchev–Trinajstić information content (AvgIpc) is 3.10. The number of aromatic nitrogens is 2. The van der Waals surface area contributed by atoms with E-state index in [2.05, 4.69) is 16.0 Å². The number of hydrogen-bond acceptors (Lipinski definition) is 7. The lowest BCUT2D eigenvalue weighted by molar-refractivity contribution is -0.156. The van der Waals surface area contributed by atoms with Gasteiger partial charge in [0, 0.05) is 12.7 Å². The highest BCUT2D eigenvalue weighted by atomic mass is 32.1. The van der Waals surface area contributed by atoms with Crippen LogP contribution in [0.25, 0.3) is 10.3 Å². The van der Waals surface area contributed by atoms with Gasteiger partial charge in [0.1, 0.15) is 17.7 Å². The van der Waals surface area contributed by atoms with Crippen molar-refractivity contribution in [2.24, 2.45) is 0 Å². The maximum Gasteiger partial charge on any atom is 0.329 e. The second-order valence-electron chi connectivity index (χ2n) is 6.54. The van der Waals surface area contributed by atoms with Crippen LogP contribution in [0.5, 0.6) is 0 Å². The summed E-state index contributed by atoms with van der Waals surface area (Å²) in [6, 6.07) is 3.56. The van der Waals surface area contributed by atoms with Crippen molar-refractivity contribution in [1.82, 2.24) is 9.97 Å². The number of thiazole rings is 1. The largest absolute Gasteiger partial charge is 0.458 e. The molecule has 0 N–H and O–H groups in total. The van der Waals surface area contributed by atoms with Crippen LogP contribution in [0.2, 0.25) is 0 Å². The number of hydrogen-bond donors (Lipinski definition) is 0. The molecule has 23 heavy (non-hydrogen) atoms. The Labute approximate surface area is 138 Å². The van der Waals surface area contributed by atoms with E-state index < -0.39 is 5.60 Å². The molecule has 3 rings (SSSR count). The highest BCUT2D eigenvalue weighted by Crippen LogP contribution is 2.33. The molecule has 3 heterocycles. The van der Waals surface area contributed by atoms with Crippen molar-refractivity contribution in [3.05, 3.63) is 17.8 Å². The number of pyridine rings is 1. The number of ether oxygens (including phenoxy) is 1. The number of carbonyl (C=O) groups is 1. The van der Waals surface area contributed by atoms with Crippen LogP contribution in [0.3, 0.4) is 0 Å². The molecule has 0 spiro atoms. The van der Waals surface area contributed by atoms with E-state index in [0.717, 1.165) is 29.2 Å². The Morgan fingerprint density at radius 1 is 1.52 bits per heavy atom. The minimum atomic E-state index is -0.498. The van der Waals surface area contributed by atoms with Crippen molar-refractivity contribution in [2.45, 2.75) is 45.3 Å². The molecule has 1 atom stereocenters. The van der Waals surface area contributed by atoms with E-state index in [1.54, 1.807) is 6.07 Å². The Kier molecular flexibility index (Phi) is 3.94. The second-order valence-corrected chi connectivity index (χ2v) is 7.55.